The lowest BCUT2D eigenvalue weighted by molar-refractivity contribution is 0.186. The first-order valence-corrected chi connectivity index (χ1v) is 4.31. The van der Waals surface area contributed by atoms with Gasteiger partial charge in [-0.3, -0.25) is 0 Å². The zero-order valence-electron chi connectivity index (χ0n) is 8.26. The van der Waals surface area contributed by atoms with Crippen molar-refractivity contribution in [3.8, 4) is 0 Å². The lowest BCUT2D eigenvalue weighted by Gasteiger charge is -1.89. The van der Waals surface area contributed by atoms with Gasteiger partial charge in [-0.2, -0.15) is 0 Å². The Hall–Kier alpha value is -1.32. The minimum absolute atomic E-state index is 0.125. The van der Waals surface area contributed by atoms with Gasteiger partial charge >= 0.3 is 0 Å². The van der Waals surface area contributed by atoms with Gasteiger partial charge in [0.2, 0.25) is 0 Å². The minimum Gasteiger partial charge on any atom is -0.504 e. The summed E-state index contributed by atoms with van der Waals surface area (Å²) in [4.78, 5) is 0. The van der Waals surface area contributed by atoms with E-state index in [1.807, 2.05) is 36.4 Å². The summed E-state index contributed by atoms with van der Waals surface area (Å²) < 4.78 is 4.77. The molecule has 1 aromatic rings. The Morgan fingerprint density at radius 2 is 1.71 bits per heavy atom. The molecule has 0 aliphatic heterocycles. The first kappa shape index (κ1) is 12.7. The molecule has 1 aromatic carbocycles. The van der Waals surface area contributed by atoms with Crippen LogP contribution in [0, 0.1) is 0 Å². The van der Waals surface area contributed by atoms with Crippen LogP contribution in [0.3, 0.4) is 0 Å². The number of hydrogen-bond donors (Lipinski definition) is 2. The minimum atomic E-state index is -0.125. The summed E-state index contributed by atoms with van der Waals surface area (Å²) in [5.74, 6) is 0. The van der Waals surface area contributed by atoms with Crippen molar-refractivity contribution in [2.45, 2.75) is 0 Å². The van der Waals surface area contributed by atoms with Gasteiger partial charge in [0.15, 0.2) is 0 Å². The van der Waals surface area contributed by atoms with Gasteiger partial charge in [0, 0.05) is 0 Å². The maximum atomic E-state index is 7.62. The summed E-state index contributed by atoms with van der Waals surface area (Å²) in [6, 6.07) is 10.0. The Morgan fingerprint density at radius 3 is 2.14 bits per heavy atom. The number of hydrogen-bond acceptors (Lipinski definition) is 3. The highest BCUT2D eigenvalue weighted by Gasteiger charge is 1.79. The second-order valence-electron chi connectivity index (χ2n) is 2.40. The van der Waals surface area contributed by atoms with Crippen LogP contribution in [-0.2, 0) is 4.74 Å². The van der Waals surface area contributed by atoms with Gasteiger partial charge in [-0.25, -0.2) is 0 Å². The molecule has 0 unspecified atom stereocenters. The molecule has 0 radical (unpaired) electrons. The lowest BCUT2D eigenvalue weighted by Crippen LogP contribution is -1.85. The number of benzene rings is 1. The van der Waals surface area contributed by atoms with Gasteiger partial charge in [0.1, 0.15) is 0 Å². The topological polar surface area (TPSA) is 49.7 Å². The normalized spacial score (nSPS) is 9.36. The van der Waals surface area contributed by atoms with Crippen molar-refractivity contribution in [3.05, 3.63) is 42.2 Å². The molecule has 78 valence electrons. The molecule has 14 heavy (non-hydrogen) atoms. The Balaban J connectivity index is 0.000000364. The third kappa shape index (κ3) is 7.34. The molecule has 0 saturated heterocycles. The van der Waals surface area contributed by atoms with Crippen molar-refractivity contribution in [1.29, 1.82) is 0 Å². The summed E-state index contributed by atoms with van der Waals surface area (Å²) in [5.41, 5.74) is 1.16. The largest absolute Gasteiger partial charge is 0.504 e. The van der Waals surface area contributed by atoms with Gasteiger partial charge < -0.3 is 14.9 Å². The smallest absolute Gasteiger partial charge is 0.0830 e. The highest BCUT2D eigenvalue weighted by molar-refractivity contribution is 5.47. The first-order chi connectivity index (χ1) is 6.85. The molecule has 0 atom stereocenters. The number of aliphatic hydroxyl groups excluding tert-OH is 2. The van der Waals surface area contributed by atoms with Crippen LogP contribution in [0.1, 0.15) is 5.56 Å². The van der Waals surface area contributed by atoms with Crippen molar-refractivity contribution in [3.63, 3.8) is 0 Å². The molecule has 3 heteroatoms. The van der Waals surface area contributed by atoms with Crippen LogP contribution in [0.4, 0.5) is 0 Å². The maximum absolute atomic E-state index is 7.62. The van der Waals surface area contributed by atoms with E-state index in [-0.39, 0.29) is 13.2 Å². The van der Waals surface area contributed by atoms with Crippen molar-refractivity contribution in [1.82, 2.24) is 0 Å². The number of aliphatic hydroxyl groups is 2. The molecule has 0 bridgehead atoms. The summed E-state index contributed by atoms with van der Waals surface area (Å²) in [7, 11) is 1.64. The Morgan fingerprint density at radius 1 is 1.14 bits per heavy atom. The van der Waals surface area contributed by atoms with Gasteiger partial charge in [0.25, 0.3) is 0 Å². The molecule has 0 aromatic heterocycles. The molecule has 2 N–H and O–H groups in total. The average molecular weight is 196 g/mol. The zero-order chi connectivity index (χ0) is 10.6. The fraction of sp³-hybridized carbons (Fsp3) is 0.273. The third-order valence-corrected chi connectivity index (χ3v) is 1.30. The van der Waals surface area contributed by atoms with Crippen molar-refractivity contribution < 1.29 is 14.9 Å². The second-order valence-corrected chi connectivity index (χ2v) is 2.40. The van der Waals surface area contributed by atoms with Gasteiger partial charge in [-0.05, 0) is 11.6 Å². The highest BCUT2D eigenvalue weighted by atomic mass is 16.5. The van der Waals surface area contributed by atoms with Crippen LogP contribution in [-0.4, -0.2) is 30.5 Å². The van der Waals surface area contributed by atoms with E-state index in [9.17, 15) is 0 Å². The van der Waals surface area contributed by atoms with E-state index < -0.39 is 0 Å². The molecular weight excluding hydrogens is 180 g/mol. The van der Waals surface area contributed by atoms with Gasteiger partial charge in [0.05, 0.1) is 26.6 Å². The fourth-order valence-electron chi connectivity index (χ4n) is 0.711. The summed E-state index contributed by atoms with van der Waals surface area (Å²) in [6.07, 6.45) is 3.58. The molecule has 0 spiro atoms. The average Bonchev–Trinajstić information content (AvgIpc) is 2.28. The van der Waals surface area contributed by atoms with Gasteiger partial charge in [-0.15, -0.1) is 0 Å². The van der Waals surface area contributed by atoms with E-state index in [1.165, 1.54) is 0 Å². The van der Waals surface area contributed by atoms with Crippen LogP contribution in [0.5, 0.6) is 0 Å². The quantitative estimate of drug-likeness (QED) is 0.716. The van der Waals surface area contributed by atoms with Crippen LogP contribution in [0.15, 0.2) is 36.6 Å². The van der Waals surface area contributed by atoms with E-state index >= 15 is 0 Å². The molecule has 3 nitrogen and oxygen atoms in total. The SMILES string of the molecule is COC=Cc1ccccc1.OCCO. The van der Waals surface area contributed by atoms with E-state index in [4.69, 9.17) is 14.9 Å². The lowest BCUT2D eigenvalue weighted by atomic mass is 10.2. The highest BCUT2D eigenvalue weighted by Crippen LogP contribution is 1.99. The van der Waals surface area contributed by atoms with E-state index in [0.717, 1.165) is 5.56 Å². The predicted octanol–water partition coefficient (Wildman–Crippen LogP) is 1.27. The first-order valence-electron chi connectivity index (χ1n) is 4.31. The molecule has 0 aliphatic carbocycles. The van der Waals surface area contributed by atoms with Crippen LogP contribution >= 0.6 is 0 Å². The fourth-order valence-corrected chi connectivity index (χ4v) is 0.711. The zero-order valence-corrected chi connectivity index (χ0v) is 8.26. The van der Waals surface area contributed by atoms with Crippen molar-refractivity contribution >= 4 is 6.08 Å². The van der Waals surface area contributed by atoms with E-state index in [0.29, 0.717) is 0 Å². The molecule has 0 amide bonds. The Bertz CT molecular complexity index is 230. The third-order valence-electron chi connectivity index (χ3n) is 1.30. The van der Waals surface area contributed by atoms with Crippen molar-refractivity contribution in [2.75, 3.05) is 20.3 Å². The van der Waals surface area contributed by atoms with E-state index in [1.54, 1.807) is 13.4 Å². The monoisotopic (exact) mass is 196 g/mol. The summed E-state index contributed by atoms with van der Waals surface area (Å²) in [5, 5.41) is 15.2. The summed E-state index contributed by atoms with van der Waals surface area (Å²) in [6.45, 7) is -0.250. The number of methoxy groups -OCH3 is 1. The summed E-state index contributed by atoms with van der Waals surface area (Å²) >= 11 is 0. The van der Waals surface area contributed by atoms with E-state index in [2.05, 4.69) is 0 Å². The second kappa shape index (κ2) is 9.77. The number of ether oxygens (including phenoxy) is 1. The van der Waals surface area contributed by atoms with Crippen molar-refractivity contribution in [2.24, 2.45) is 0 Å². The Kier molecular flexibility index (Phi) is 8.84. The maximum Gasteiger partial charge on any atom is 0.0830 e. The molecule has 1 rings (SSSR count). The molecule has 0 saturated carbocycles. The van der Waals surface area contributed by atoms with Gasteiger partial charge in [-0.1, -0.05) is 30.3 Å². The molecule has 0 heterocycles. The van der Waals surface area contributed by atoms with Crippen LogP contribution < -0.4 is 0 Å². The molecular formula is C11H16O3. The molecule has 0 aliphatic rings. The Labute approximate surface area is 84.3 Å². The molecule has 0 fully saturated rings. The van der Waals surface area contributed by atoms with Crippen LogP contribution in [0.25, 0.3) is 6.08 Å². The van der Waals surface area contributed by atoms with Crippen LogP contribution in [0.2, 0.25) is 0 Å². The number of rotatable bonds is 3. The predicted molar refractivity (Wildman–Crippen MR) is 56.7 cm³/mol. The standard InChI is InChI=1S/C9H10O.C2H6O2/c1-10-8-7-9-5-3-2-4-6-9;3-1-2-4/h2-8H,1H3;3-4H,1-2H2.